The summed E-state index contributed by atoms with van der Waals surface area (Å²) >= 11 is 0. The van der Waals surface area contributed by atoms with Crippen molar-refractivity contribution in [1.82, 2.24) is 0 Å². The monoisotopic (exact) mass is 250 g/mol. The molecule has 0 heterocycles. The average molecular weight is 250 g/mol. The molecule has 1 rings (SSSR count). The number of aliphatic carboxylic acids is 2. The van der Waals surface area contributed by atoms with Crippen LogP contribution in [0.15, 0.2) is 30.3 Å². The molecular weight excluding hydrogens is 232 g/mol. The first-order valence-corrected chi connectivity index (χ1v) is 5.94. The van der Waals surface area contributed by atoms with Crippen LogP contribution in [0.5, 0.6) is 0 Å². The summed E-state index contributed by atoms with van der Waals surface area (Å²) < 4.78 is 0. The fraction of sp³-hybridized carbons (Fsp3) is 0.429. The van der Waals surface area contributed by atoms with Crippen molar-refractivity contribution in [2.75, 3.05) is 0 Å². The van der Waals surface area contributed by atoms with Gasteiger partial charge in [0.2, 0.25) is 0 Å². The Hall–Kier alpha value is -1.84. The maximum Gasteiger partial charge on any atom is 0.307 e. The Labute approximate surface area is 106 Å². The number of benzene rings is 1. The smallest absolute Gasteiger partial charge is 0.307 e. The summed E-state index contributed by atoms with van der Waals surface area (Å²) in [6.45, 7) is 3.36. The van der Waals surface area contributed by atoms with Crippen molar-refractivity contribution in [3.05, 3.63) is 35.9 Å². The first kappa shape index (κ1) is 14.2. The zero-order valence-electron chi connectivity index (χ0n) is 10.5. The minimum absolute atomic E-state index is 0.0223. The number of hydrogen-bond donors (Lipinski definition) is 2. The van der Waals surface area contributed by atoms with Gasteiger partial charge in [-0.1, -0.05) is 44.2 Å². The molecule has 3 atom stereocenters. The summed E-state index contributed by atoms with van der Waals surface area (Å²) in [6, 6.07) is 9.53. The van der Waals surface area contributed by atoms with E-state index in [1.54, 1.807) is 0 Å². The summed E-state index contributed by atoms with van der Waals surface area (Å²) in [6.07, 6.45) is 0.326. The van der Waals surface area contributed by atoms with Crippen LogP contribution in [-0.4, -0.2) is 22.2 Å². The standard InChI is InChI=1S/C14H18O4/c1-9(11-6-4-3-5-7-11)8-12(14(17)18)10(2)13(15)16/h3-7,9-10,12H,8H2,1-2H3,(H,15,16)(H,17,18)/t9-,10+,12?/m1/s1. The van der Waals surface area contributed by atoms with Crippen LogP contribution in [0.2, 0.25) is 0 Å². The second-order valence-electron chi connectivity index (χ2n) is 4.62. The molecule has 1 aromatic rings. The Balaban J connectivity index is 2.79. The maximum atomic E-state index is 11.1. The Morgan fingerprint density at radius 2 is 1.61 bits per heavy atom. The molecule has 0 radical (unpaired) electrons. The van der Waals surface area contributed by atoms with E-state index < -0.39 is 23.8 Å². The van der Waals surface area contributed by atoms with Crippen molar-refractivity contribution in [1.29, 1.82) is 0 Å². The molecule has 0 saturated carbocycles. The number of carboxylic acid groups (broad SMARTS) is 2. The zero-order valence-corrected chi connectivity index (χ0v) is 10.5. The summed E-state index contributed by atoms with van der Waals surface area (Å²) in [4.78, 5) is 22.0. The highest BCUT2D eigenvalue weighted by atomic mass is 16.4. The van der Waals surface area contributed by atoms with Gasteiger partial charge in [-0.05, 0) is 17.9 Å². The van der Waals surface area contributed by atoms with Crippen molar-refractivity contribution in [2.45, 2.75) is 26.2 Å². The molecule has 0 amide bonds. The molecule has 4 heteroatoms. The number of hydrogen-bond acceptors (Lipinski definition) is 2. The number of carbonyl (C=O) groups is 2. The van der Waals surface area contributed by atoms with Crippen LogP contribution in [0.3, 0.4) is 0 Å². The van der Waals surface area contributed by atoms with E-state index in [1.165, 1.54) is 6.92 Å². The van der Waals surface area contributed by atoms with Crippen LogP contribution in [0.25, 0.3) is 0 Å². The predicted octanol–water partition coefficient (Wildman–Crippen LogP) is 2.60. The van der Waals surface area contributed by atoms with Crippen LogP contribution < -0.4 is 0 Å². The summed E-state index contributed by atoms with van der Waals surface area (Å²) in [5.41, 5.74) is 1.03. The molecule has 0 bridgehead atoms. The molecule has 2 N–H and O–H groups in total. The van der Waals surface area contributed by atoms with Crippen molar-refractivity contribution < 1.29 is 19.8 Å². The third-order valence-electron chi connectivity index (χ3n) is 3.29. The van der Waals surface area contributed by atoms with Crippen LogP contribution in [-0.2, 0) is 9.59 Å². The zero-order chi connectivity index (χ0) is 13.7. The second-order valence-corrected chi connectivity index (χ2v) is 4.62. The SMILES string of the molecule is C[C@H](CC(C(=O)O)[C@H](C)C(=O)O)c1ccccc1. The molecular formula is C14H18O4. The van der Waals surface area contributed by atoms with E-state index in [9.17, 15) is 9.59 Å². The molecule has 0 aliphatic carbocycles. The van der Waals surface area contributed by atoms with Gasteiger partial charge in [-0.3, -0.25) is 9.59 Å². The Kier molecular flexibility index (Phi) is 4.89. The minimum atomic E-state index is -1.07. The fourth-order valence-corrected chi connectivity index (χ4v) is 1.99. The lowest BCUT2D eigenvalue weighted by atomic mass is 9.83. The van der Waals surface area contributed by atoms with Gasteiger partial charge in [0.15, 0.2) is 0 Å². The highest BCUT2D eigenvalue weighted by Gasteiger charge is 2.31. The average Bonchev–Trinajstić information content (AvgIpc) is 2.35. The summed E-state index contributed by atoms with van der Waals surface area (Å²) in [5, 5.41) is 18.0. The summed E-state index contributed by atoms with van der Waals surface area (Å²) in [5.74, 6) is -3.84. The third kappa shape index (κ3) is 3.58. The van der Waals surface area contributed by atoms with E-state index in [1.807, 2.05) is 37.3 Å². The minimum Gasteiger partial charge on any atom is -0.481 e. The molecule has 0 fully saturated rings. The van der Waals surface area contributed by atoms with E-state index in [0.29, 0.717) is 6.42 Å². The number of rotatable bonds is 6. The normalized spacial score (nSPS) is 15.7. The molecule has 98 valence electrons. The predicted molar refractivity (Wildman–Crippen MR) is 67.4 cm³/mol. The van der Waals surface area contributed by atoms with Gasteiger partial charge < -0.3 is 10.2 Å². The Morgan fingerprint density at radius 3 is 2.06 bits per heavy atom. The molecule has 0 aromatic heterocycles. The lowest BCUT2D eigenvalue weighted by molar-refractivity contribution is -0.153. The van der Waals surface area contributed by atoms with Gasteiger partial charge in [0.1, 0.15) is 0 Å². The Bertz CT molecular complexity index is 413. The summed E-state index contributed by atoms with van der Waals surface area (Å²) in [7, 11) is 0. The molecule has 0 aliphatic heterocycles. The van der Waals surface area contributed by atoms with Gasteiger partial charge in [0.25, 0.3) is 0 Å². The van der Waals surface area contributed by atoms with Gasteiger partial charge in [-0.2, -0.15) is 0 Å². The second kappa shape index (κ2) is 6.19. The van der Waals surface area contributed by atoms with E-state index in [2.05, 4.69) is 0 Å². The van der Waals surface area contributed by atoms with Gasteiger partial charge in [-0.15, -0.1) is 0 Å². The van der Waals surface area contributed by atoms with Crippen LogP contribution in [0.4, 0.5) is 0 Å². The molecule has 0 saturated heterocycles. The van der Waals surface area contributed by atoms with Crippen LogP contribution in [0.1, 0.15) is 31.7 Å². The fourth-order valence-electron chi connectivity index (χ4n) is 1.99. The van der Waals surface area contributed by atoms with E-state index in [4.69, 9.17) is 10.2 Å². The van der Waals surface area contributed by atoms with Gasteiger partial charge in [0.05, 0.1) is 11.8 Å². The number of carboxylic acids is 2. The highest BCUT2D eigenvalue weighted by Crippen LogP contribution is 2.27. The van der Waals surface area contributed by atoms with E-state index in [-0.39, 0.29) is 5.92 Å². The first-order valence-electron chi connectivity index (χ1n) is 5.94. The lowest BCUT2D eigenvalue weighted by Gasteiger charge is -2.20. The quantitative estimate of drug-likeness (QED) is 0.813. The highest BCUT2D eigenvalue weighted by molar-refractivity contribution is 5.79. The molecule has 0 spiro atoms. The molecule has 4 nitrogen and oxygen atoms in total. The van der Waals surface area contributed by atoms with E-state index in [0.717, 1.165) is 5.56 Å². The van der Waals surface area contributed by atoms with Gasteiger partial charge >= 0.3 is 11.9 Å². The third-order valence-corrected chi connectivity index (χ3v) is 3.29. The first-order chi connectivity index (χ1) is 8.43. The van der Waals surface area contributed by atoms with Crippen LogP contribution in [0, 0.1) is 11.8 Å². The Morgan fingerprint density at radius 1 is 1.06 bits per heavy atom. The molecule has 0 aliphatic rings. The molecule has 18 heavy (non-hydrogen) atoms. The van der Waals surface area contributed by atoms with Crippen molar-refractivity contribution in [3.63, 3.8) is 0 Å². The largest absolute Gasteiger partial charge is 0.481 e. The van der Waals surface area contributed by atoms with Crippen molar-refractivity contribution >= 4 is 11.9 Å². The molecule has 1 unspecified atom stereocenters. The van der Waals surface area contributed by atoms with Crippen molar-refractivity contribution in [2.24, 2.45) is 11.8 Å². The maximum absolute atomic E-state index is 11.1. The van der Waals surface area contributed by atoms with E-state index >= 15 is 0 Å². The van der Waals surface area contributed by atoms with Gasteiger partial charge in [0, 0.05) is 0 Å². The van der Waals surface area contributed by atoms with Gasteiger partial charge in [-0.25, -0.2) is 0 Å². The topological polar surface area (TPSA) is 74.6 Å². The van der Waals surface area contributed by atoms with Crippen molar-refractivity contribution in [3.8, 4) is 0 Å². The van der Waals surface area contributed by atoms with Crippen LogP contribution >= 0.6 is 0 Å². The lowest BCUT2D eigenvalue weighted by Crippen LogP contribution is -2.28. The molecule has 1 aromatic carbocycles.